The molecule has 0 bridgehead atoms. The van der Waals surface area contributed by atoms with Gasteiger partial charge < -0.3 is 4.74 Å². The molecule has 0 spiro atoms. The number of hydrogen-bond donors (Lipinski definition) is 0. The van der Waals surface area contributed by atoms with Crippen LogP contribution in [0.25, 0.3) is 0 Å². The van der Waals surface area contributed by atoms with Crippen molar-refractivity contribution in [2.45, 2.75) is 76.7 Å². The minimum atomic E-state index is -0.176. The van der Waals surface area contributed by atoms with Crippen molar-refractivity contribution in [1.29, 1.82) is 0 Å². The molecule has 0 N–H and O–H groups in total. The van der Waals surface area contributed by atoms with Crippen LogP contribution in [0.1, 0.15) is 70.6 Å². The molecule has 1 rings (SSSR count). The zero-order valence-electron chi connectivity index (χ0n) is 14.0. The van der Waals surface area contributed by atoms with Crippen LogP contribution in [-0.2, 0) is 9.53 Å². The molecule has 22 heavy (non-hydrogen) atoms. The van der Waals surface area contributed by atoms with Gasteiger partial charge in [-0.3, -0.25) is 0 Å². The highest BCUT2D eigenvalue weighted by Gasteiger charge is 2.37. The minimum Gasteiger partial charge on any atom is -0.458 e. The van der Waals surface area contributed by atoms with Crippen LogP contribution in [-0.4, -0.2) is 12.1 Å². The van der Waals surface area contributed by atoms with Crippen molar-refractivity contribution >= 4 is 5.97 Å². The zero-order chi connectivity index (χ0) is 16.2. The van der Waals surface area contributed by atoms with E-state index in [0.717, 1.165) is 44.9 Å². The Bertz CT molecular complexity index is 370. The second-order valence-electron chi connectivity index (χ2n) is 6.28. The van der Waals surface area contributed by atoms with Crippen molar-refractivity contribution in [1.82, 2.24) is 0 Å². The van der Waals surface area contributed by atoms with Gasteiger partial charge in [0.2, 0.25) is 0 Å². The third-order valence-electron chi connectivity index (χ3n) is 4.49. The first-order valence-corrected chi connectivity index (χ1v) is 8.82. The average molecular weight is 304 g/mol. The number of ether oxygens (including phenoxy) is 1. The fourth-order valence-corrected chi connectivity index (χ4v) is 3.11. The van der Waals surface area contributed by atoms with Crippen molar-refractivity contribution in [3.05, 3.63) is 37.5 Å². The predicted molar refractivity (Wildman–Crippen MR) is 93.7 cm³/mol. The fourth-order valence-electron chi connectivity index (χ4n) is 3.11. The van der Waals surface area contributed by atoms with Gasteiger partial charge in [0.05, 0.1) is 0 Å². The maximum absolute atomic E-state index is 11.7. The monoisotopic (exact) mass is 304 g/mol. The molecule has 0 aromatic rings. The summed E-state index contributed by atoms with van der Waals surface area (Å²) >= 11 is 0. The lowest BCUT2D eigenvalue weighted by Gasteiger charge is -2.17. The Morgan fingerprint density at radius 2 is 1.41 bits per heavy atom. The number of unbranched alkanes of at least 4 members (excludes halogenated alkanes) is 7. The van der Waals surface area contributed by atoms with E-state index in [2.05, 4.69) is 19.7 Å². The number of cyclic esters (lactones) is 1. The molecular weight excluding hydrogens is 272 g/mol. The molecule has 0 amide bonds. The second kappa shape index (κ2) is 11.3. The SMILES string of the molecule is C=CCCCCCCC[C@H]1C(=C)C(=O)O[C@@H]1CCCCC=C. The Balaban J connectivity index is 2.24. The van der Waals surface area contributed by atoms with Crippen molar-refractivity contribution in [2.24, 2.45) is 5.92 Å². The molecule has 0 aliphatic carbocycles. The molecule has 0 unspecified atom stereocenters. The van der Waals surface area contributed by atoms with Crippen LogP contribution < -0.4 is 0 Å². The van der Waals surface area contributed by atoms with Gasteiger partial charge in [-0.1, -0.05) is 44.4 Å². The van der Waals surface area contributed by atoms with Gasteiger partial charge in [-0.15, -0.1) is 13.2 Å². The Labute approximate surface area is 136 Å². The summed E-state index contributed by atoms with van der Waals surface area (Å²) in [4.78, 5) is 11.7. The molecule has 2 nitrogen and oxygen atoms in total. The van der Waals surface area contributed by atoms with Gasteiger partial charge in [0.1, 0.15) is 6.10 Å². The fraction of sp³-hybridized carbons (Fsp3) is 0.650. The Kier molecular flexibility index (Phi) is 9.61. The summed E-state index contributed by atoms with van der Waals surface area (Å²) in [7, 11) is 0. The molecule has 0 radical (unpaired) electrons. The minimum absolute atomic E-state index is 0.0607. The number of hydrogen-bond acceptors (Lipinski definition) is 2. The first-order valence-electron chi connectivity index (χ1n) is 8.82. The van der Waals surface area contributed by atoms with E-state index in [1.807, 2.05) is 12.2 Å². The first kappa shape index (κ1) is 18.7. The molecular formula is C20H32O2. The van der Waals surface area contributed by atoms with Crippen LogP contribution in [0.15, 0.2) is 37.5 Å². The van der Waals surface area contributed by atoms with Crippen LogP contribution in [0.5, 0.6) is 0 Å². The van der Waals surface area contributed by atoms with Crippen molar-refractivity contribution < 1.29 is 9.53 Å². The molecule has 0 saturated carbocycles. The summed E-state index contributed by atoms with van der Waals surface area (Å²) in [5.41, 5.74) is 0.695. The lowest BCUT2D eigenvalue weighted by Crippen LogP contribution is -2.16. The van der Waals surface area contributed by atoms with Gasteiger partial charge in [-0.05, 0) is 44.9 Å². The molecule has 124 valence electrons. The molecule has 1 saturated heterocycles. The van der Waals surface area contributed by atoms with E-state index in [1.165, 1.54) is 25.7 Å². The molecule has 0 aromatic heterocycles. The normalized spacial score (nSPS) is 20.9. The number of esters is 1. The van der Waals surface area contributed by atoms with Crippen LogP contribution in [0.4, 0.5) is 0 Å². The summed E-state index contributed by atoms with van der Waals surface area (Å²) in [6, 6.07) is 0. The van der Waals surface area contributed by atoms with E-state index < -0.39 is 0 Å². The Morgan fingerprint density at radius 3 is 2.09 bits per heavy atom. The predicted octanol–water partition coefficient (Wildman–Crippen LogP) is 5.75. The number of carbonyl (C=O) groups excluding carboxylic acids is 1. The standard InChI is InChI=1S/C20H32O2/c1-4-6-8-10-11-12-13-15-18-17(3)20(21)22-19(18)16-14-9-7-5-2/h4-5,18-19H,1-3,6-16H2/t18-,19+/m0/s1. The molecule has 1 aliphatic heterocycles. The summed E-state index contributed by atoms with van der Waals surface area (Å²) in [6.07, 6.45) is 16.6. The molecule has 2 atom stereocenters. The Hall–Kier alpha value is -1.31. The smallest absolute Gasteiger partial charge is 0.334 e. The summed E-state index contributed by atoms with van der Waals surface area (Å²) in [6.45, 7) is 11.4. The van der Waals surface area contributed by atoms with Crippen LogP contribution in [0.3, 0.4) is 0 Å². The van der Waals surface area contributed by atoms with Crippen LogP contribution >= 0.6 is 0 Å². The second-order valence-corrected chi connectivity index (χ2v) is 6.28. The van der Waals surface area contributed by atoms with Gasteiger partial charge in [0, 0.05) is 11.5 Å². The van der Waals surface area contributed by atoms with Crippen LogP contribution in [0, 0.1) is 5.92 Å². The van der Waals surface area contributed by atoms with E-state index in [9.17, 15) is 4.79 Å². The highest BCUT2D eigenvalue weighted by molar-refractivity contribution is 5.90. The van der Waals surface area contributed by atoms with Gasteiger partial charge in [0.25, 0.3) is 0 Å². The molecule has 2 heteroatoms. The van der Waals surface area contributed by atoms with Crippen LogP contribution in [0.2, 0.25) is 0 Å². The number of allylic oxidation sites excluding steroid dienone is 2. The van der Waals surface area contributed by atoms with Gasteiger partial charge >= 0.3 is 5.97 Å². The van der Waals surface area contributed by atoms with Crippen molar-refractivity contribution in [3.63, 3.8) is 0 Å². The lowest BCUT2D eigenvalue weighted by atomic mass is 9.88. The van der Waals surface area contributed by atoms with E-state index >= 15 is 0 Å². The summed E-state index contributed by atoms with van der Waals surface area (Å²) < 4.78 is 5.50. The van der Waals surface area contributed by atoms with E-state index in [4.69, 9.17) is 4.74 Å². The third kappa shape index (κ3) is 6.64. The summed E-state index contributed by atoms with van der Waals surface area (Å²) in [5.74, 6) is 0.0640. The van der Waals surface area contributed by atoms with Gasteiger partial charge in [0.15, 0.2) is 0 Å². The Morgan fingerprint density at radius 1 is 0.864 bits per heavy atom. The third-order valence-corrected chi connectivity index (χ3v) is 4.49. The topological polar surface area (TPSA) is 26.3 Å². The quantitative estimate of drug-likeness (QED) is 0.187. The highest BCUT2D eigenvalue weighted by atomic mass is 16.6. The first-order chi connectivity index (χ1) is 10.7. The summed E-state index contributed by atoms with van der Waals surface area (Å²) in [5, 5.41) is 0. The highest BCUT2D eigenvalue weighted by Crippen LogP contribution is 2.34. The maximum atomic E-state index is 11.7. The zero-order valence-corrected chi connectivity index (χ0v) is 14.0. The number of carbonyl (C=O) groups is 1. The lowest BCUT2D eigenvalue weighted by molar-refractivity contribution is -0.139. The molecule has 0 aromatic carbocycles. The molecule has 1 aliphatic rings. The average Bonchev–Trinajstić information content (AvgIpc) is 2.78. The largest absolute Gasteiger partial charge is 0.458 e. The van der Waals surface area contributed by atoms with Crippen molar-refractivity contribution in [3.8, 4) is 0 Å². The van der Waals surface area contributed by atoms with E-state index in [0.29, 0.717) is 5.57 Å². The van der Waals surface area contributed by atoms with E-state index in [1.54, 1.807) is 0 Å². The molecule has 1 heterocycles. The van der Waals surface area contributed by atoms with Crippen molar-refractivity contribution in [2.75, 3.05) is 0 Å². The van der Waals surface area contributed by atoms with Gasteiger partial charge in [-0.25, -0.2) is 4.79 Å². The number of rotatable bonds is 13. The van der Waals surface area contributed by atoms with Gasteiger partial charge in [-0.2, -0.15) is 0 Å². The molecule has 1 fully saturated rings. The van der Waals surface area contributed by atoms with E-state index in [-0.39, 0.29) is 18.0 Å². The maximum Gasteiger partial charge on any atom is 0.334 e.